The molecule has 1 aliphatic rings. The third-order valence-corrected chi connectivity index (χ3v) is 3.50. The summed E-state index contributed by atoms with van der Waals surface area (Å²) in [6.45, 7) is 3.80. The van der Waals surface area contributed by atoms with Crippen LogP contribution < -0.4 is 0 Å². The monoisotopic (exact) mass is 292 g/mol. The zero-order valence-electron chi connectivity index (χ0n) is 12.1. The molecule has 3 rings (SSSR count). The van der Waals surface area contributed by atoms with Crippen molar-refractivity contribution in [3.05, 3.63) is 30.2 Å². The van der Waals surface area contributed by atoms with E-state index in [1.165, 1.54) is 6.42 Å². The van der Waals surface area contributed by atoms with E-state index in [1.807, 2.05) is 19.2 Å². The molecule has 2 aromatic rings. The van der Waals surface area contributed by atoms with Crippen LogP contribution in [0.15, 0.2) is 23.0 Å². The van der Waals surface area contributed by atoms with Crippen molar-refractivity contribution in [2.75, 3.05) is 13.2 Å². The molecule has 21 heavy (non-hydrogen) atoms. The van der Waals surface area contributed by atoms with E-state index in [4.69, 9.17) is 14.0 Å². The molecule has 1 saturated heterocycles. The Morgan fingerprint density at radius 2 is 2.43 bits per heavy atom. The largest absolute Gasteiger partial charge is 0.376 e. The Hall–Kier alpha value is -1.73. The maximum Gasteiger partial charge on any atom is 0.255 e. The van der Waals surface area contributed by atoms with Crippen LogP contribution in [0.5, 0.6) is 0 Å². The molecule has 2 atom stereocenters. The Labute approximate surface area is 123 Å². The smallest absolute Gasteiger partial charge is 0.255 e. The highest BCUT2D eigenvalue weighted by atomic mass is 16.6. The van der Waals surface area contributed by atoms with Crippen molar-refractivity contribution >= 4 is 0 Å². The van der Waals surface area contributed by atoms with Crippen molar-refractivity contribution in [2.24, 2.45) is 0 Å². The summed E-state index contributed by atoms with van der Waals surface area (Å²) in [5.74, 6) is 1.09. The van der Waals surface area contributed by atoms with Gasteiger partial charge in [-0.15, -0.1) is 0 Å². The Morgan fingerprint density at radius 3 is 3.19 bits per heavy atom. The maximum absolute atomic E-state index is 5.77. The number of ether oxygens (including phenoxy) is 2. The quantitative estimate of drug-likeness (QED) is 0.810. The van der Waals surface area contributed by atoms with E-state index in [1.54, 1.807) is 10.9 Å². The van der Waals surface area contributed by atoms with Crippen LogP contribution in [-0.4, -0.2) is 39.2 Å². The molecule has 7 heteroatoms. The van der Waals surface area contributed by atoms with E-state index in [-0.39, 0.29) is 12.2 Å². The fourth-order valence-electron chi connectivity index (χ4n) is 2.30. The van der Waals surface area contributed by atoms with Gasteiger partial charge >= 0.3 is 0 Å². The number of rotatable bonds is 6. The molecule has 114 valence electrons. The topological polar surface area (TPSA) is 75.2 Å². The van der Waals surface area contributed by atoms with E-state index >= 15 is 0 Å². The highest BCUT2D eigenvalue weighted by molar-refractivity contribution is 4.91. The molecule has 2 unspecified atom stereocenters. The van der Waals surface area contributed by atoms with Crippen LogP contribution in [0.2, 0.25) is 0 Å². The van der Waals surface area contributed by atoms with Crippen molar-refractivity contribution in [1.82, 2.24) is 19.9 Å². The molecule has 0 amide bonds. The molecule has 0 bridgehead atoms. The van der Waals surface area contributed by atoms with Gasteiger partial charge in [0, 0.05) is 19.0 Å². The van der Waals surface area contributed by atoms with E-state index < -0.39 is 0 Å². The first kappa shape index (κ1) is 14.2. The lowest BCUT2D eigenvalue weighted by atomic mass is 10.1. The first-order valence-electron chi connectivity index (χ1n) is 7.34. The molecule has 1 aliphatic heterocycles. The normalized spacial score (nSPS) is 20.5. The highest BCUT2D eigenvalue weighted by Gasteiger charge is 2.19. The minimum Gasteiger partial charge on any atom is -0.376 e. The minimum atomic E-state index is -0.227. The summed E-state index contributed by atoms with van der Waals surface area (Å²) >= 11 is 0. The molecular weight excluding hydrogens is 272 g/mol. The van der Waals surface area contributed by atoms with Gasteiger partial charge in [0.25, 0.3) is 5.89 Å². The Kier molecular flexibility index (Phi) is 4.62. The summed E-state index contributed by atoms with van der Waals surface area (Å²) in [7, 11) is 0. The van der Waals surface area contributed by atoms with E-state index in [0.29, 0.717) is 24.9 Å². The van der Waals surface area contributed by atoms with Crippen molar-refractivity contribution in [1.29, 1.82) is 0 Å². The molecule has 0 N–H and O–H groups in total. The lowest BCUT2D eigenvalue weighted by Crippen LogP contribution is -2.25. The van der Waals surface area contributed by atoms with E-state index in [0.717, 1.165) is 19.4 Å². The number of hydrogen-bond acceptors (Lipinski definition) is 6. The van der Waals surface area contributed by atoms with E-state index in [9.17, 15) is 0 Å². The summed E-state index contributed by atoms with van der Waals surface area (Å²) in [4.78, 5) is 4.34. The Balaban J connectivity index is 1.50. The van der Waals surface area contributed by atoms with Crippen molar-refractivity contribution in [2.45, 2.75) is 44.9 Å². The van der Waals surface area contributed by atoms with Gasteiger partial charge in [0.15, 0.2) is 5.82 Å². The van der Waals surface area contributed by atoms with Crippen LogP contribution in [0.1, 0.15) is 44.0 Å². The van der Waals surface area contributed by atoms with Crippen molar-refractivity contribution < 1.29 is 14.0 Å². The van der Waals surface area contributed by atoms with Gasteiger partial charge in [-0.1, -0.05) is 5.16 Å². The second-order valence-corrected chi connectivity index (χ2v) is 5.22. The van der Waals surface area contributed by atoms with Crippen LogP contribution >= 0.6 is 0 Å². The molecule has 7 nitrogen and oxygen atoms in total. The molecule has 2 aromatic heterocycles. The standard InChI is InChI=1S/C14H20N4O3/c1-11(20-10-12-5-2-3-8-19-12)14-16-13(17-21-14)9-18-7-4-6-15-18/h4,6-7,11-12H,2-3,5,8-10H2,1H3. The summed E-state index contributed by atoms with van der Waals surface area (Å²) in [6.07, 6.45) is 6.94. The Bertz CT molecular complexity index is 534. The van der Waals surface area contributed by atoms with Gasteiger partial charge in [0.2, 0.25) is 0 Å². The van der Waals surface area contributed by atoms with Gasteiger partial charge < -0.3 is 14.0 Å². The zero-order valence-corrected chi connectivity index (χ0v) is 12.1. The Morgan fingerprint density at radius 1 is 1.48 bits per heavy atom. The van der Waals surface area contributed by atoms with Crippen molar-refractivity contribution in [3.8, 4) is 0 Å². The highest BCUT2D eigenvalue weighted by Crippen LogP contribution is 2.18. The average Bonchev–Trinajstić information content (AvgIpc) is 3.18. The third kappa shape index (κ3) is 3.89. The SMILES string of the molecule is CC(OCC1CCCCO1)c1nc(Cn2cccn2)no1. The summed E-state index contributed by atoms with van der Waals surface area (Å²) in [5.41, 5.74) is 0. The number of aromatic nitrogens is 4. The van der Waals surface area contributed by atoms with Crippen LogP contribution in [-0.2, 0) is 16.0 Å². The van der Waals surface area contributed by atoms with Gasteiger partial charge in [-0.3, -0.25) is 4.68 Å². The van der Waals surface area contributed by atoms with Gasteiger partial charge in [0.05, 0.1) is 12.7 Å². The molecule has 0 saturated carbocycles. The van der Waals surface area contributed by atoms with Gasteiger partial charge in [-0.25, -0.2) is 0 Å². The summed E-state index contributed by atoms with van der Waals surface area (Å²) < 4.78 is 18.4. The summed E-state index contributed by atoms with van der Waals surface area (Å²) in [6, 6.07) is 1.86. The van der Waals surface area contributed by atoms with Crippen LogP contribution in [0.4, 0.5) is 0 Å². The van der Waals surface area contributed by atoms with Crippen LogP contribution in [0.3, 0.4) is 0 Å². The molecule has 1 fully saturated rings. The van der Waals surface area contributed by atoms with Crippen LogP contribution in [0.25, 0.3) is 0 Å². The van der Waals surface area contributed by atoms with Gasteiger partial charge in [-0.05, 0) is 32.3 Å². The maximum atomic E-state index is 5.77. The lowest BCUT2D eigenvalue weighted by molar-refractivity contribution is -0.0656. The number of nitrogens with zero attached hydrogens (tertiary/aromatic N) is 4. The van der Waals surface area contributed by atoms with Crippen molar-refractivity contribution in [3.63, 3.8) is 0 Å². The third-order valence-electron chi connectivity index (χ3n) is 3.50. The fourth-order valence-corrected chi connectivity index (χ4v) is 2.30. The second kappa shape index (κ2) is 6.82. The molecule has 0 spiro atoms. The minimum absolute atomic E-state index is 0.188. The molecular formula is C14H20N4O3. The predicted molar refractivity (Wildman–Crippen MR) is 73.6 cm³/mol. The van der Waals surface area contributed by atoms with Crippen LogP contribution in [0, 0.1) is 0 Å². The average molecular weight is 292 g/mol. The number of hydrogen-bond donors (Lipinski definition) is 0. The molecule has 0 aromatic carbocycles. The predicted octanol–water partition coefficient (Wildman–Crippen LogP) is 1.96. The second-order valence-electron chi connectivity index (χ2n) is 5.22. The lowest BCUT2D eigenvalue weighted by Gasteiger charge is -2.23. The van der Waals surface area contributed by atoms with Gasteiger partial charge in [0.1, 0.15) is 12.6 Å². The first-order chi connectivity index (χ1) is 10.3. The molecule has 0 radical (unpaired) electrons. The fraction of sp³-hybridized carbons (Fsp3) is 0.643. The van der Waals surface area contributed by atoms with E-state index in [2.05, 4.69) is 15.2 Å². The van der Waals surface area contributed by atoms with Gasteiger partial charge in [-0.2, -0.15) is 10.1 Å². The molecule has 3 heterocycles. The first-order valence-corrected chi connectivity index (χ1v) is 7.34. The molecule has 0 aliphatic carbocycles. The zero-order chi connectivity index (χ0) is 14.5. The summed E-state index contributed by atoms with van der Waals surface area (Å²) in [5, 5.41) is 8.06.